The van der Waals surface area contributed by atoms with Gasteiger partial charge in [-0.3, -0.25) is 0 Å². The zero-order valence-electron chi connectivity index (χ0n) is 10.9. The normalized spacial score (nSPS) is 14.9. The highest BCUT2D eigenvalue weighted by molar-refractivity contribution is 5.28. The summed E-state index contributed by atoms with van der Waals surface area (Å²) in [6.07, 6.45) is 0.952. The average Bonchev–Trinajstić information content (AvgIpc) is 2.32. The lowest BCUT2D eigenvalue weighted by molar-refractivity contribution is 0.198. The third-order valence-electron chi connectivity index (χ3n) is 3.12. The molecule has 17 heavy (non-hydrogen) atoms. The largest absolute Gasteiger partial charge is 0.508 e. The lowest BCUT2D eigenvalue weighted by Crippen LogP contribution is -2.39. The summed E-state index contributed by atoms with van der Waals surface area (Å²) in [4.78, 5) is 0. The van der Waals surface area contributed by atoms with Crippen LogP contribution in [0.1, 0.15) is 38.8 Å². The SMILES string of the molecule is CCC(N[C@H](CO)C(C)C)c1ccc(O)cc1. The molecule has 0 aliphatic rings. The van der Waals surface area contributed by atoms with Crippen molar-refractivity contribution >= 4 is 0 Å². The molecule has 0 saturated carbocycles. The van der Waals surface area contributed by atoms with E-state index in [1.807, 2.05) is 12.1 Å². The number of hydrogen-bond donors (Lipinski definition) is 3. The van der Waals surface area contributed by atoms with Crippen molar-refractivity contribution in [1.29, 1.82) is 0 Å². The summed E-state index contributed by atoms with van der Waals surface area (Å²) in [5.74, 6) is 0.678. The van der Waals surface area contributed by atoms with Crippen LogP contribution in [0, 0.1) is 5.92 Å². The Labute approximate surface area is 103 Å². The van der Waals surface area contributed by atoms with Crippen molar-refractivity contribution in [2.75, 3.05) is 6.61 Å². The van der Waals surface area contributed by atoms with Gasteiger partial charge in [-0.15, -0.1) is 0 Å². The molecule has 1 aromatic rings. The minimum atomic E-state index is 0.105. The van der Waals surface area contributed by atoms with Crippen LogP contribution >= 0.6 is 0 Å². The van der Waals surface area contributed by atoms with Crippen LogP contribution in [0.3, 0.4) is 0 Å². The first-order valence-electron chi connectivity index (χ1n) is 6.24. The predicted octanol–water partition coefficient (Wildman–Crippen LogP) is 2.45. The molecule has 3 heteroatoms. The lowest BCUT2D eigenvalue weighted by Gasteiger charge is -2.26. The van der Waals surface area contributed by atoms with E-state index in [9.17, 15) is 10.2 Å². The lowest BCUT2D eigenvalue weighted by atomic mass is 9.99. The smallest absolute Gasteiger partial charge is 0.115 e. The van der Waals surface area contributed by atoms with E-state index in [1.165, 1.54) is 0 Å². The van der Waals surface area contributed by atoms with Gasteiger partial charge in [0, 0.05) is 12.1 Å². The van der Waals surface area contributed by atoms with Crippen LogP contribution in [-0.4, -0.2) is 22.9 Å². The fourth-order valence-electron chi connectivity index (χ4n) is 1.87. The second-order valence-corrected chi connectivity index (χ2v) is 4.75. The Hall–Kier alpha value is -1.06. The van der Waals surface area contributed by atoms with Gasteiger partial charge in [-0.25, -0.2) is 0 Å². The van der Waals surface area contributed by atoms with Gasteiger partial charge in [0.2, 0.25) is 0 Å². The van der Waals surface area contributed by atoms with Crippen molar-refractivity contribution in [2.45, 2.75) is 39.3 Å². The highest BCUT2D eigenvalue weighted by Gasteiger charge is 2.17. The molecule has 0 saturated heterocycles. The molecule has 0 spiro atoms. The average molecular weight is 237 g/mol. The van der Waals surface area contributed by atoms with Crippen LogP contribution in [-0.2, 0) is 0 Å². The fourth-order valence-corrected chi connectivity index (χ4v) is 1.87. The molecule has 1 rings (SSSR count). The first kappa shape index (κ1) is 14.0. The van der Waals surface area contributed by atoms with Crippen molar-refractivity contribution in [1.82, 2.24) is 5.32 Å². The predicted molar refractivity (Wildman–Crippen MR) is 70.0 cm³/mol. The van der Waals surface area contributed by atoms with E-state index in [0.717, 1.165) is 12.0 Å². The summed E-state index contributed by atoms with van der Waals surface area (Å²) in [7, 11) is 0. The number of aromatic hydroxyl groups is 1. The molecule has 3 N–H and O–H groups in total. The van der Waals surface area contributed by atoms with Crippen molar-refractivity contribution in [3.05, 3.63) is 29.8 Å². The molecule has 0 aliphatic carbocycles. The Morgan fingerprint density at radius 2 is 1.76 bits per heavy atom. The molecule has 0 bridgehead atoms. The van der Waals surface area contributed by atoms with Crippen LogP contribution < -0.4 is 5.32 Å². The molecule has 1 unspecified atom stereocenters. The molecule has 0 radical (unpaired) electrons. The summed E-state index contributed by atoms with van der Waals surface area (Å²) >= 11 is 0. The van der Waals surface area contributed by atoms with E-state index in [-0.39, 0.29) is 24.4 Å². The van der Waals surface area contributed by atoms with Crippen LogP contribution in [0.25, 0.3) is 0 Å². The number of rotatable bonds is 6. The first-order valence-corrected chi connectivity index (χ1v) is 6.24. The highest BCUT2D eigenvalue weighted by atomic mass is 16.3. The topological polar surface area (TPSA) is 52.5 Å². The Kier molecular flexibility index (Phi) is 5.45. The molecule has 0 fully saturated rings. The Morgan fingerprint density at radius 1 is 1.18 bits per heavy atom. The summed E-state index contributed by atoms with van der Waals surface area (Å²) in [6, 6.07) is 7.56. The number of phenols is 1. The molecular formula is C14H23NO2. The maximum atomic E-state index is 9.33. The third-order valence-corrected chi connectivity index (χ3v) is 3.12. The van der Waals surface area contributed by atoms with Crippen LogP contribution in [0.2, 0.25) is 0 Å². The highest BCUT2D eigenvalue weighted by Crippen LogP contribution is 2.21. The van der Waals surface area contributed by atoms with Crippen LogP contribution in [0.4, 0.5) is 0 Å². The molecular weight excluding hydrogens is 214 g/mol. The molecule has 0 heterocycles. The van der Waals surface area contributed by atoms with Gasteiger partial charge in [0.05, 0.1) is 6.61 Å². The molecule has 0 amide bonds. The van der Waals surface area contributed by atoms with Crippen molar-refractivity contribution < 1.29 is 10.2 Å². The Bertz CT molecular complexity index is 321. The van der Waals surface area contributed by atoms with Gasteiger partial charge >= 0.3 is 0 Å². The van der Waals surface area contributed by atoms with Gasteiger partial charge < -0.3 is 15.5 Å². The molecule has 1 aromatic carbocycles. The Morgan fingerprint density at radius 3 is 2.18 bits per heavy atom. The van der Waals surface area contributed by atoms with Crippen LogP contribution in [0.5, 0.6) is 5.75 Å². The number of hydrogen-bond acceptors (Lipinski definition) is 3. The van der Waals surface area contributed by atoms with Gasteiger partial charge in [0.25, 0.3) is 0 Å². The minimum Gasteiger partial charge on any atom is -0.508 e. The quantitative estimate of drug-likeness (QED) is 0.712. The maximum absolute atomic E-state index is 9.33. The van der Waals surface area contributed by atoms with Crippen molar-refractivity contribution in [2.24, 2.45) is 5.92 Å². The molecule has 0 aliphatic heterocycles. The van der Waals surface area contributed by atoms with Gasteiger partial charge in [0.1, 0.15) is 5.75 Å². The second kappa shape index (κ2) is 6.62. The monoisotopic (exact) mass is 237 g/mol. The first-order chi connectivity index (χ1) is 8.08. The molecule has 3 nitrogen and oxygen atoms in total. The number of aliphatic hydroxyl groups is 1. The van der Waals surface area contributed by atoms with E-state index in [2.05, 4.69) is 26.1 Å². The molecule has 0 aromatic heterocycles. The summed E-state index contributed by atoms with van der Waals surface area (Å²) < 4.78 is 0. The molecule has 96 valence electrons. The summed E-state index contributed by atoms with van der Waals surface area (Å²) in [5.41, 5.74) is 1.14. The van der Waals surface area contributed by atoms with Crippen molar-refractivity contribution in [3.63, 3.8) is 0 Å². The van der Waals surface area contributed by atoms with Gasteiger partial charge in [0.15, 0.2) is 0 Å². The van der Waals surface area contributed by atoms with Gasteiger partial charge in [-0.05, 0) is 30.0 Å². The fraction of sp³-hybridized carbons (Fsp3) is 0.571. The van der Waals surface area contributed by atoms with E-state index < -0.39 is 0 Å². The minimum absolute atomic E-state index is 0.105. The van der Waals surface area contributed by atoms with Gasteiger partial charge in [-0.1, -0.05) is 32.9 Å². The van der Waals surface area contributed by atoms with E-state index in [4.69, 9.17) is 0 Å². The number of aliphatic hydroxyl groups excluding tert-OH is 1. The number of nitrogens with one attached hydrogen (secondary N) is 1. The Balaban J connectivity index is 2.74. The zero-order valence-corrected chi connectivity index (χ0v) is 10.9. The van der Waals surface area contributed by atoms with E-state index >= 15 is 0 Å². The maximum Gasteiger partial charge on any atom is 0.115 e. The second-order valence-electron chi connectivity index (χ2n) is 4.75. The molecule has 2 atom stereocenters. The van der Waals surface area contributed by atoms with Gasteiger partial charge in [-0.2, -0.15) is 0 Å². The summed E-state index contributed by atoms with van der Waals surface area (Å²) in [5, 5.41) is 22.1. The van der Waals surface area contributed by atoms with E-state index in [0.29, 0.717) is 5.92 Å². The zero-order chi connectivity index (χ0) is 12.8. The van der Waals surface area contributed by atoms with Crippen LogP contribution in [0.15, 0.2) is 24.3 Å². The summed E-state index contributed by atoms with van der Waals surface area (Å²) in [6.45, 7) is 6.44. The number of benzene rings is 1. The van der Waals surface area contributed by atoms with Crippen molar-refractivity contribution in [3.8, 4) is 5.75 Å². The number of phenolic OH excluding ortho intramolecular Hbond substituents is 1. The standard InChI is InChI=1S/C14H23NO2/c1-4-13(15-14(9-16)10(2)3)11-5-7-12(17)8-6-11/h5-8,10,13-17H,4,9H2,1-3H3/t13?,14-/m1/s1. The van der Waals surface area contributed by atoms with E-state index in [1.54, 1.807) is 12.1 Å². The third kappa shape index (κ3) is 4.02.